The standard InChI is InChI=1S/C19H26N4O3/c1-13-14(12-20-16-11-15(18(2,3)4)21-23(13)16)17(24)22-7-5-19(6-8-22)25-9-10-26-19/h11-12H,5-10H2,1-4H3. The third kappa shape index (κ3) is 2.89. The molecular formula is C19H26N4O3. The number of piperidine rings is 1. The molecular weight excluding hydrogens is 332 g/mol. The summed E-state index contributed by atoms with van der Waals surface area (Å²) in [4.78, 5) is 19.4. The van der Waals surface area contributed by atoms with Gasteiger partial charge in [0.2, 0.25) is 0 Å². The summed E-state index contributed by atoms with van der Waals surface area (Å²) in [6.45, 7) is 10.8. The average Bonchev–Trinajstić information content (AvgIpc) is 3.23. The van der Waals surface area contributed by atoms with Crippen LogP contribution in [0.15, 0.2) is 12.3 Å². The number of hydrogen-bond acceptors (Lipinski definition) is 5. The SMILES string of the molecule is Cc1c(C(=O)N2CCC3(CC2)OCCO3)cnc2cc(C(C)(C)C)nn12. The third-order valence-electron chi connectivity index (χ3n) is 5.35. The van der Waals surface area contributed by atoms with E-state index in [-0.39, 0.29) is 11.3 Å². The first-order valence-electron chi connectivity index (χ1n) is 9.22. The van der Waals surface area contributed by atoms with Gasteiger partial charge in [-0.1, -0.05) is 20.8 Å². The fourth-order valence-electron chi connectivity index (χ4n) is 3.63. The van der Waals surface area contributed by atoms with Gasteiger partial charge in [-0.15, -0.1) is 0 Å². The van der Waals surface area contributed by atoms with Crippen LogP contribution in [0.3, 0.4) is 0 Å². The van der Waals surface area contributed by atoms with Crippen molar-refractivity contribution < 1.29 is 14.3 Å². The summed E-state index contributed by atoms with van der Waals surface area (Å²) in [5.74, 6) is -0.477. The Morgan fingerprint density at radius 3 is 2.46 bits per heavy atom. The van der Waals surface area contributed by atoms with Gasteiger partial charge in [0.1, 0.15) is 0 Å². The number of nitrogens with zero attached hydrogens (tertiary/aromatic N) is 4. The van der Waals surface area contributed by atoms with Crippen molar-refractivity contribution in [3.8, 4) is 0 Å². The van der Waals surface area contributed by atoms with E-state index in [2.05, 4.69) is 30.9 Å². The largest absolute Gasteiger partial charge is 0.347 e. The van der Waals surface area contributed by atoms with E-state index in [1.54, 1.807) is 10.7 Å². The molecule has 0 radical (unpaired) electrons. The smallest absolute Gasteiger partial charge is 0.257 e. The van der Waals surface area contributed by atoms with Crippen LogP contribution in [0.25, 0.3) is 5.65 Å². The lowest BCUT2D eigenvalue weighted by Gasteiger charge is -2.37. The highest BCUT2D eigenvalue weighted by Gasteiger charge is 2.41. The van der Waals surface area contributed by atoms with Crippen molar-refractivity contribution in [1.29, 1.82) is 0 Å². The molecule has 2 aromatic heterocycles. The number of fused-ring (bicyclic) bond motifs is 1. The van der Waals surface area contributed by atoms with Gasteiger partial charge in [-0.2, -0.15) is 5.10 Å². The Morgan fingerprint density at radius 2 is 1.85 bits per heavy atom. The second kappa shape index (κ2) is 6.03. The van der Waals surface area contributed by atoms with Crippen LogP contribution in [-0.2, 0) is 14.9 Å². The molecule has 140 valence electrons. The molecule has 0 aromatic carbocycles. The second-order valence-corrected chi connectivity index (χ2v) is 8.21. The molecule has 26 heavy (non-hydrogen) atoms. The second-order valence-electron chi connectivity index (χ2n) is 8.21. The zero-order valence-corrected chi connectivity index (χ0v) is 15.9. The molecule has 2 aliphatic rings. The molecule has 0 unspecified atom stereocenters. The van der Waals surface area contributed by atoms with Gasteiger partial charge < -0.3 is 14.4 Å². The van der Waals surface area contributed by atoms with Crippen LogP contribution in [-0.4, -0.2) is 57.5 Å². The normalized spacial score (nSPS) is 20.2. The summed E-state index contributed by atoms with van der Waals surface area (Å²) in [7, 11) is 0. The Labute approximate surface area is 153 Å². The van der Waals surface area contributed by atoms with Gasteiger partial charge in [0.05, 0.1) is 30.2 Å². The molecule has 0 N–H and O–H groups in total. The lowest BCUT2D eigenvalue weighted by molar-refractivity contribution is -0.181. The van der Waals surface area contributed by atoms with Crippen molar-refractivity contribution in [2.75, 3.05) is 26.3 Å². The van der Waals surface area contributed by atoms with Gasteiger partial charge in [-0.05, 0) is 6.92 Å². The molecule has 0 atom stereocenters. The highest BCUT2D eigenvalue weighted by molar-refractivity contribution is 5.95. The summed E-state index contributed by atoms with van der Waals surface area (Å²) >= 11 is 0. The monoisotopic (exact) mass is 358 g/mol. The van der Waals surface area contributed by atoms with Gasteiger partial charge in [0.15, 0.2) is 11.4 Å². The number of likely N-dealkylation sites (tertiary alicyclic amines) is 1. The quantitative estimate of drug-likeness (QED) is 0.782. The van der Waals surface area contributed by atoms with E-state index < -0.39 is 5.79 Å². The number of carbonyl (C=O) groups excluding carboxylic acids is 1. The molecule has 4 heterocycles. The minimum Gasteiger partial charge on any atom is -0.347 e. The molecule has 4 rings (SSSR count). The summed E-state index contributed by atoms with van der Waals surface area (Å²) in [6, 6.07) is 1.99. The molecule has 2 saturated heterocycles. The molecule has 1 spiro atoms. The minimum absolute atomic E-state index is 0.00226. The summed E-state index contributed by atoms with van der Waals surface area (Å²) in [5.41, 5.74) is 3.10. The lowest BCUT2D eigenvalue weighted by Crippen LogP contribution is -2.47. The summed E-state index contributed by atoms with van der Waals surface area (Å²) in [6.07, 6.45) is 3.10. The van der Waals surface area contributed by atoms with E-state index in [1.165, 1.54) is 0 Å². The predicted molar refractivity (Wildman–Crippen MR) is 96.2 cm³/mol. The first-order chi connectivity index (χ1) is 12.3. The molecule has 0 bridgehead atoms. The number of aryl methyl sites for hydroxylation is 1. The maximum Gasteiger partial charge on any atom is 0.257 e. The van der Waals surface area contributed by atoms with E-state index in [1.807, 2.05) is 17.9 Å². The number of carbonyl (C=O) groups is 1. The van der Waals surface area contributed by atoms with Crippen LogP contribution >= 0.6 is 0 Å². The highest BCUT2D eigenvalue weighted by atomic mass is 16.7. The van der Waals surface area contributed by atoms with Gasteiger partial charge in [-0.3, -0.25) is 4.79 Å². The van der Waals surface area contributed by atoms with Crippen molar-refractivity contribution >= 4 is 11.6 Å². The molecule has 0 saturated carbocycles. The average molecular weight is 358 g/mol. The van der Waals surface area contributed by atoms with Crippen molar-refractivity contribution in [3.63, 3.8) is 0 Å². The van der Waals surface area contributed by atoms with Crippen LogP contribution in [0.1, 0.15) is 55.4 Å². The molecule has 7 nitrogen and oxygen atoms in total. The Hall–Kier alpha value is -1.99. The first kappa shape index (κ1) is 17.4. The third-order valence-corrected chi connectivity index (χ3v) is 5.35. The molecule has 2 aromatic rings. The van der Waals surface area contributed by atoms with Crippen LogP contribution in [0, 0.1) is 6.92 Å². The highest BCUT2D eigenvalue weighted by Crippen LogP contribution is 2.32. The number of hydrogen-bond donors (Lipinski definition) is 0. The minimum atomic E-state index is -0.475. The Kier molecular flexibility index (Phi) is 4.04. The van der Waals surface area contributed by atoms with Gasteiger partial charge in [0, 0.05) is 43.6 Å². The molecule has 2 fully saturated rings. The van der Waals surface area contributed by atoms with E-state index in [0.29, 0.717) is 44.7 Å². The molecule has 0 aliphatic carbocycles. The number of amides is 1. The molecule has 2 aliphatic heterocycles. The van der Waals surface area contributed by atoms with Crippen LogP contribution in [0.4, 0.5) is 0 Å². The zero-order valence-electron chi connectivity index (χ0n) is 15.9. The van der Waals surface area contributed by atoms with Gasteiger partial charge in [0.25, 0.3) is 5.91 Å². The van der Waals surface area contributed by atoms with Gasteiger partial charge >= 0.3 is 0 Å². The van der Waals surface area contributed by atoms with Crippen LogP contribution in [0.5, 0.6) is 0 Å². The first-order valence-corrected chi connectivity index (χ1v) is 9.22. The Morgan fingerprint density at radius 1 is 1.19 bits per heavy atom. The Bertz CT molecular complexity index is 836. The molecule has 7 heteroatoms. The van der Waals surface area contributed by atoms with E-state index in [9.17, 15) is 4.79 Å². The fraction of sp³-hybridized carbons (Fsp3) is 0.632. The van der Waals surface area contributed by atoms with Crippen LogP contribution in [0.2, 0.25) is 0 Å². The van der Waals surface area contributed by atoms with Crippen molar-refractivity contribution in [1.82, 2.24) is 19.5 Å². The Balaban J connectivity index is 1.58. The maximum absolute atomic E-state index is 13.0. The topological polar surface area (TPSA) is 69.0 Å². The van der Waals surface area contributed by atoms with Crippen LogP contribution < -0.4 is 0 Å². The fourth-order valence-corrected chi connectivity index (χ4v) is 3.63. The van der Waals surface area contributed by atoms with Gasteiger partial charge in [-0.25, -0.2) is 9.50 Å². The summed E-state index contributed by atoms with van der Waals surface area (Å²) in [5, 5.41) is 4.67. The number of rotatable bonds is 1. The van der Waals surface area contributed by atoms with E-state index in [4.69, 9.17) is 9.47 Å². The van der Waals surface area contributed by atoms with Crippen molar-refractivity contribution in [2.24, 2.45) is 0 Å². The number of ether oxygens (including phenoxy) is 2. The van der Waals surface area contributed by atoms with E-state index >= 15 is 0 Å². The summed E-state index contributed by atoms with van der Waals surface area (Å²) < 4.78 is 13.3. The predicted octanol–water partition coefficient (Wildman–Crippen LogP) is 2.31. The zero-order chi connectivity index (χ0) is 18.5. The number of aromatic nitrogens is 3. The lowest BCUT2D eigenvalue weighted by atomic mass is 9.93. The van der Waals surface area contributed by atoms with Crippen molar-refractivity contribution in [3.05, 3.63) is 29.2 Å². The molecule has 1 amide bonds. The van der Waals surface area contributed by atoms with E-state index in [0.717, 1.165) is 17.0 Å². The maximum atomic E-state index is 13.0. The van der Waals surface area contributed by atoms with Crippen molar-refractivity contribution in [2.45, 2.75) is 51.7 Å².